The first-order valence-electron chi connectivity index (χ1n) is 7.56. The number of nitro groups is 1. The van der Waals surface area contributed by atoms with Gasteiger partial charge in [-0.25, -0.2) is 4.68 Å². The maximum atomic E-state index is 11.2. The van der Waals surface area contributed by atoms with Crippen LogP contribution in [-0.2, 0) is 13.5 Å². The van der Waals surface area contributed by atoms with E-state index in [0.717, 1.165) is 0 Å². The molecule has 3 rings (SSSR count). The molecule has 1 aromatic heterocycles. The average Bonchev–Trinajstić information content (AvgIpc) is 3.15. The molecular formula is C15H18N4O5. The van der Waals surface area contributed by atoms with Crippen molar-refractivity contribution in [2.24, 2.45) is 7.05 Å². The molecule has 1 aromatic carbocycles. The van der Waals surface area contributed by atoms with Crippen LogP contribution < -0.4 is 19.5 Å². The molecule has 0 radical (unpaired) electrons. The molecule has 2 aromatic rings. The van der Waals surface area contributed by atoms with Crippen molar-refractivity contribution in [1.29, 1.82) is 0 Å². The Hall–Kier alpha value is -2.97. The average molecular weight is 334 g/mol. The molecule has 9 nitrogen and oxygen atoms in total. The minimum atomic E-state index is -0.410. The summed E-state index contributed by atoms with van der Waals surface area (Å²) in [5, 5.41) is 18.4. The van der Waals surface area contributed by atoms with Crippen molar-refractivity contribution in [3.8, 4) is 17.2 Å². The largest absolute Gasteiger partial charge is 0.492 e. The monoisotopic (exact) mass is 334 g/mol. The van der Waals surface area contributed by atoms with Crippen LogP contribution in [0.4, 0.5) is 11.5 Å². The van der Waals surface area contributed by atoms with Crippen LogP contribution in [0.15, 0.2) is 18.2 Å². The van der Waals surface area contributed by atoms with Gasteiger partial charge in [-0.05, 0) is 18.6 Å². The van der Waals surface area contributed by atoms with Gasteiger partial charge in [0, 0.05) is 13.1 Å². The van der Waals surface area contributed by atoms with Crippen LogP contribution in [0.3, 0.4) is 0 Å². The Morgan fingerprint density at radius 3 is 2.96 bits per heavy atom. The number of nitrogens with one attached hydrogen (secondary N) is 1. The van der Waals surface area contributed by atoms with E-state index in [-0.39, 0.29) is 12.5 Å². The SMILES string of the molecule is CCc1nn(C)c(NCCOc2ccc3c(c2)OCO3)c1[N+](=O)[O-]. The molecule has 0 bridgehead atoms. The number of benzene rings is 1. The molecule has 1 N–H and O–H groups in total. The van der Waals surface area contributed by atoms with E-state index in [1.807, 2.05) is 6.92 Å². The van der Waals surface area contributed by atoms with Gasteiger partial charge in [0.1, 0.15) is 18.1 Å². The molecule has 0 unspecified atom stereocenters. The van der Waals surface area contributed by atoms with Crippen molar-refractivity contribution in [2.45, 2.75) is 13.3 Å². The van der Waals surface area contributed by atoms with E-state index in [2.05, 4.69) is 10.4 Å². The Kier molecular flexibility index (Phi) is 4.41. The van der Waals surface area contributed by atoms with Crippen molar-refractivity contribution in [3.05, 3.63) is 34.0 Å². The molecule has 9 heteroatoms. The Balaban J connectivity index is 1.59. The molecule has 0 fully saturated rings. The predicted molar refractivity (Wildman–Crippen MR) is 85.8 cm³/mol. The Labute approximate surface area is 138 Å². The third kappa shape index (κ3) is 3.05. The number of nitrogens with zero attached hydrogens (tertiary/aromatic N) is 3. The maximum Gasteiger partial charge on any atom is 0.333 e. The molecule has 1 aliphatic heterocycles. The zero-order valence-corrected chi connectivity index (χ0v) is 13.4. The second kappa shape index (κ2) is 6.65. The van der Waals surface area contributed by atoms with Gasteiger partial charge in [0.25, 0.3) is 0 Å². The van der Waals surface area contributed by atoms with E-state index in [1.54, 1.807) is 25.2 Å². The number of anilines is 1. The van der Waals surface area contributed by atoms with E-state index in [0.29, 0.717) is 48.3 Å². The van der Waals surface area contributed by atoms with E-state index in [9.17, 15) is 10.1 Å². The van der Waals surface area contributed by atoms with Gasteiger partial charge in [0.15, 0.2) is 11.5 Å². The Morgan fingerprint density at radius 2 is 2.21 bits per heavy atom. The zero-order valence-electron chi connectivity index (χ0n) is 13.4. The molecule has 1 aliphatic rings. The highest BCUT2D eigenvalue weighted by molar-refractivity contribution is 5.59. The van der Waals surface area contributed by atoms with E-state index >= 15 is 0 Å². The zero-order chi connectivity index (χ0) is 17.1. The molecule has 24 heavy (non-hydrogen) atoms. The van der Waals surface area contributed by atoms with Gasteiger partial charge < -0.3 is 19.5 Å². The number of fused-ring (bicyclic) bond motifs is 1. The number of rotatable bonds is 7. The highest BCUT2D eigenvalue weighted by Crippen LogP contribution is 2.35. The van der Waals surface area contributed by atoms with Gasteiger partial charge in [-0.1, -0.05) is 6.92 Å². The van der Waals surface area contributed by atoms with E-state index in [4.69, 9.17) is 14.2 Å². The van der Waals surface area contributed by atoms with Gasteiger partial charge in [-0.15, -0.1) is 0 Å². The summed E-state index contributed by atoms with van der Waals surface area (Å²) < 4.78 is 17.6. The van der Waals surface area contributed by atoms with Crippen LogP contribution in [0.2, 0.25) is 0 Å². The van der Waals surface area contributed by atoms with Gasteiger partial charge >= 0.3 is 5.69 Å². The first-order chi connectivity index (χ1) is 11.6. The third-order valence-electron chi connectivity index (χ3n) is 3.62. The lowest BCUT2D eigenvalue weighted by molar-refractivity contribution is -0.384. The normalized spacial score (nSPS) is 12.2. The number of hydrogen-bond acceptors (Lipinski definition) is 7. The highest BCUT2D eigenvalue weighted by Gasteiger charge is 2.25. The fourth-order valence-electron chi connectivity index (χ4n) is 2.50. The Morgan fingerprint density at radius 1 is 1.42 bits per heavy atom. The summed E-state index contributed by atoms with van der Waals surface area (Å²) in [6.07, 6.45) is 0.500. The molecule has 0 aliphatic carbocycles. The number of hydrogen-bond donors (Lipinski definition) is 1. The van der Waals surface area contributed by atoms with Gasteiger partial charge in [0.05, 0.1) is 11.5 Å². The third-order valence-corrected chi connectivity index (χ3v) is 3.62. The summed E-state index contributed by atoms with van der Waals surface area (Å²) in [7, 11) is 1.67. The molecule has 2 heterocycles. The van der Waals surface area contributed by atoms with Crippen LogP contribution in [0.1, 0.15) is 12.6 Å². The van der Waals surface area contributed by atoms with Crippen LogP contribution in [0, 0.1) is 10.1 Å². The lowest BCUT2D eigenvalue weighted by Gasteiger charge is -2.09. The van der Waals surface area contributed by atoms with Gasteiger partial charge in [-0.2, -0.15) is 5.10 Å². The molecule has 0 saturated heterocycles. The van der Waals surface area contributed by atoms with Crippen molar-refractivity contribution in [3.63, 3.8) is 0 Å². The number of aryl methyl sites for hydroxylation is 2. The Bertz CT molecular complexity index is 759. The van der Waals surface area contributed by atoms with Crippen LogP contribution in [0.5, 0.6) is 17.2 Å². The summed E-state index contributed by atoms with van der Waals surface area (Å²) in [5.41, 5.74) is 0.477. The second-order valence-corrected chi connectivity index (χ2v) is 5.17. The van der Waals surface area contributed by atoms with Gasteiger partial charge in [0.2, 0.25) is 12.6 Å². The minimum absolute atomic E-state index is 0.0167. The number of ether oxygens (including phenoxy) is 3. The summed E-state index contributed by atoms with van der Waals surface area (Å²) in [6, 6.07) is 5.32. The maximum absolute atomic E-state index is 11.2. The van der Waals surface area contributed by atoms with E-state index in [1.165, 1.54) is 4.68 Å². The summed E-state index contributed by atoms with van der Waals surface area (Å²) in [6.45, 7) is 2.79. The highest BCUT2D eigenvalue weighted by atomic mass is 16.7. The lowest BCUT2D eigenvalue weighted by Crippen LogP contribution is -2.14. The summed E-state index contributed by atoms with van der Waals surface area (Å²) in [5.74, 6) is 2.37. The quantitative estimate of drug-likeness (QED) is 0.470. The molecular weight excluding hydrogens is 316 g/mol. The number of aromatic nitrogens is 2. The molecule has 0 saturated carbocycles. The van der Waals surface area contributed by atoms with Crippen LogP contribution >= 0.6 is 0 Å². The van der Waals surface area contributed by atoms with Crippen LogP contribution in [0.25, 0.3) is 0 Å². The van der Waals surface area contributed by atoms with Crippen molar-refractivity contribution in [1.82, 2.24) is 9.78 Å². The lowest BCUT2D eigenvalue weighted by atomic mass is 10.3. The smallest absolute Gasteiger partial charge is 0.333 e. The minimum Gasteiger partial charge on any atom is -0.492 e. The predicted octanol–water partition coefficient (Wildman–Crippen LogP) is 2.11. The fourth-order valence-corrected chi connectivity index (χ4v) is 2.50. The van der Waals surface area contributed by atoms with Crippen molar-refractivity contribution >= 4 is 11.5 Å². The summed E-state index contributed by atoms with van der Waals surface area (Å²) >= 11 is 0. The second-order valence-electron chi connectivity index (χ2n) is 5.17. The molecule has 0 amide bonds. The van der Waals surface area contributed by atoms with Gasteiger partial charge in [-0.3, -0.25) is 10.1 Å². The molecule has 128 valence electrons. The fraction of sp³-hybridized carbons (Fsp3) is 0.400. The first kappa shape index (κ1) is 15.9. The summed E-state index contributed by atoms with van der Waals surface area (Å²) in [4.78, 5) is 10.8. The van der Waals surface area contributed by atoms with Crippen molar-refractivity contribution in [2.75, 3.05) is 25.3 Å². The van der Waals surface area contributed by atoms with Crippen molar-refractivity contribution < 1.29 is 19.1 Å². The standard InChI is InChI=1S/C15H18N4O5/c1-3-11-14(19(20)21)15(18(2)17-11)16-6-7-22-10-4-5-12-13(8-10)24-9-23-12/h4-5,8,16H,3,6-7,9H2,1-2H3. The molecule has 0 atom stereocenters. The first-order valence-corrected chi connectivity index (χ1v) is 7.56. The topological polar surface area (TPSA) is 101 Å². The molecule has 0 spiro atoms. The van der Waals surface area contributed by atoms with E-state index < -0.39 is 4.92 Å². The van der Waals surface area contributed by atoms with Crippen LogP contribution in [-0.4, -0.2) is 34.6 Å².